The zero-order chi connectivity index (χ0) is 13.6. The summed E-state index contributed by atoms with van der Waals surface area (Å²) in [5.74, 6) is 0.321. The lowest BCUT2D eigenvalue weighted by atomic mass is 9.63. The molecule has 2 bridgehead atoms. The number of hydrogen-bond donors (Lipinski definition) is 0. The second-order valence-electron chi connectivity index (χ2n) is 6.01. The van der Waals surface area contributed by atoms with E-state index < -0.39 is 19.7 Å². The van der Waals surface area contributed by atoms with Crippen molar-refractivity contribution in [3.8, 4) is 0 Å². The van der Waals surface area contributed by atoms with E-state index in [1.54, 1.807) is 0 Å². The molecule has 0 spiro atoms. The quantitative estimate of drug-likeness (QED) is 0.616. The topological polar surface area (TPSA) is 68.3 Å². The summed E-state index contributed by atoms with van der Waals surface area (Å²) in [6, 6.07) is 0. The number of hydrogen-bond acceptors (Lipinski definition) is 4. The van der Waals surface area contributed by atoms with Gasteiger partial charge in [0, 0.05) is 11.8 Å². The highest BCUT2D eigenvalue weighted by molar-refractivity contribution is 7.92. The number of sulfone groups is 2. The fourth-order valence-corrected chi connectivity index (χ4v) is 7.72. The van der Waals surface area contributed by atoms with Gasteiger partial charge in [0.1, 0.15) is 0 Å². The highest BCUT2D eigenvalue weighted by Crippen LogP contribution is 2.55. The Hall–Kier alpha value is -0.880. The summed E-state index contributed by atoms with van der Waals surface area (Å²) in [6.07, 6.45) is 0.730. The molecule has 0 saturated carbocycles. The standard InChI is InChI=1S/C13H14O4S2/c1-7-2-8-9-3-18(14,15)5-11(9)13(7)12-6-19(16,17)4-10(8)12/h8,13H,1-6H2. The van der Waals surface area contributed by atoms with E-state index in [1.807, 2.05) is 0 Å². The van der Waals surface area contributed by atoms with E-state index in [0.717, 1.165) is 34.3 Å². The molecule has 0 aromatic carbocycles. The summed E-state index contributed by atoms with van der Waals surface area (Å²) >= 11 is 0. The van der Waals surface area contributed by atoms with Crippen LogP contribution < -0.4 is 0 Å². The lowest BCUT2D eigenvalue weighted by Gasteiger charge is -2.40. The zero-order valence-electron chi connectivity index (χ0n) is 10.3. The summed E-state index contributed by atoms with van der Waals surface area (Å²) in [5.41, 5.74) is 4.84. The van der Waals surface area contributed by atoms with Gasteiger partial charge in [-0.3, -0.25) is 0 Å². The molecule has 0 N–H and O–H groups in total. The maximum absolute atomic E-state index is 11.9. The Balaban J connectivity index is 1.89. The average Bonchev–Trinajstić information content (AvgIpc) is 2.73. The van der Waals surface area contributed by atoms with E-state index in [2.05, 4.69) is 6.58 Å². The second-order valence-corrected chi connectivity index (χ2v) is 10.1. The molecular formula is C13H14O4S2. The molecular weight excluding hydrogens is 284 g/mol. The third kappa shape index (κ3) is 1.50. The SMILES string of the molecule is C=C1CC2C3=C(CS(=O)(=O)C3)C1C1=C2CS(=O)(=O)C1. The van der Waals surface area contributed by atoms with Gasteiger partial charge in [-0.15, -0.1) is 0 Å². The average molecular weight is 298 g/mol. The Labute approximate surface area is 112 Å². The molecule has 0 aromatic rings. The molecule has 102 valence electrons. The Kier molecular flexibility index (Phi) is 2.02. The summed E-state index contributed by atoms with van der Waals surface area (Å²) in [5, 5.41) is 0. The Morgan fingerprint density at radius 1 is 0.789 bits per heavy atom. The van der Waals surface area contributed by atoms with Crippen molar-refractivity contribution in [2.45, 2.75) is 6.42 Å². The first-order chi connectivity index (χ1) is 8.77. The van der Waals surface area contributed by atoms with Crippen molar-refractivity contribution in [2.75, 3.05) is 23.0 Å². The van der Waals surface area contributed by atoms with Gasteiger partial charge in [-0.1, -0.05) is 12.2 Å². The molecule has 0 fully saturated rings. The molecule has 2 heterocycles. The molecule has 0 aromatic heterocycles. The maximum atomic E-state index is 11.9. The van der Waals surface area contributed by atoms with Crippen LogP contribution in [0.1, 0.15) is 6.42 Å². The van der Waals surface area contributed by atoms with E-state index in [0.29, 0.717) is 0 Å². The number of allylic oxidation sites excluding steroid dienone is 1. The minimum atomic E-state index is -3.03. The normalized spacial score (nSPS) is 37.8. The summed E-state index contributed by atoms with van der Waals surface area (Å²) < 4.78 is 47.4. The van der Waals surface area contributed by atoms with Crippen LogP contribution in [0.5, 0.6) is 0 Å². The Bertz CT molecular complexity index is 734. The van der Waals surface area contributed by atoms with Crippen molar-refractivity contribution < 1.29 is 16.8 Å². The fraction of sp³-hybridized carbons (Fsp3) is 0.538. The van der Waals surface area contributed by atoms with Gasteiger partial charge in [0.25, 0.3) is 0 Å². The third-order valence-electron chi connectivity index (χ3n) is 4.74. The molecule has 2 aliphatic heterocycles. The van der Waals surface area contributed by atoms with Crippen LogP contribution in [0.15, 0.2) is 34.4 Å². The van der Waals surface area contributed by atoms with Crippen LogP contribution in [0, 0.1) is 11.8 Å². The van der Waals surface area contributed by atoms with Crippen LogP contribution in [0.4, 0.5) is 0 Å². The molecule has 0 amide bonds. The van der Waals surface area contributed by atoms with Crippen LogP contribution in [-0.2, 0) is 19.7 Å². The van der Waals surface area contributed by atoms with Crippen molar-refractivity contribution in [1.29, 1.82) is 0 Å². The summed E-state index contributed by atoms with van der Waals surface area (Å²) in [4.78, 5) is 0. The van der Waals surface area contributed by atoms with E-state index in [4.69, 9.17) is 0 Å². The lowest BCUT2D eigenvalue weighted by molar-refractivity contribution is 0.554. The highest BCUT2D eigenvalue weighted by atomic mass is 32.2. The third-order valence-corrected chi connectivity index (χ3v) is 7.74. The van der Waals surface area contributed by atoms with Gasteiger partial charge in [0.15, 0.2) is 19.7 Å². The maximum Gasteiger partial charge on any atom is 0.158 e. The summed E-state index contributed by atoms with van der Waals surface area (Å²) in [6.45, 7) is 4.06. The largest absolute Gasteiger partial charge is 0.228 e. The molecule has 0 unspecified atom stereocenters. The van der Waals surface area contributed by atoms with Crippen molar-refractivity contribution in [3.63, 3.8) is 0 Å². The van der Waals surface area contributed by atoms with Crippen molar-refractivity contribution in [1.82, 2.24) is 0 Å². The van der Waals surface area contributed by atoms with Gasteiger partial charge in [-0.05, 0) is 28.7 Å². The monoisotopic (exact) mass is 298 g/mol. The van der Waals surface area contributed by atoms with Crippen molar-refractivity contribution >= 4 is 19.7 Å². The smallest absolute Gasteiger partial charge is 0.158 e. The first kappa shape index (κ1) is 11.9. The predicted octanol–water partition coefficient (Wildman–Crippen LogP) is 0.642. The minimum Gasteiger partial charge on any atom is -0.228 e. The van der Waals surface area contributed by atoms with Gasteiger partial charge in [-0.2, -0.15) is 0 Å². The molecule has 19 heavy (non-hydrogen) atoms. The van der Waals surface area contributed by atoms with Gasteiger partial charge in [0.2, 0.25) is 0 Å². The molecule has 0 saturated heterocycles. The van der Waals surface area contributed by atoms with Crippen LogP contribution in [0.25, 0.3) is 0 Å². The molecule has 0 atom stereocenters. The molecule has 3 aliphatic carbocycles. The van der Waals surface area contributed by atoms with E-state index >= 15 is 0 Å². The van der Waals surface area contributed by atoms with Crippen molar-refractivity contribution in [3.05, 3.63) is 34.4 Å². The minimum absolute atomic E-state index is 0.00273. The lowest BCUT2D eigenvalue weighted by Crippen LogP contribution is -2.30. The Morgan fingerprint density at radius 2 is 1.21 bits per heavy atom. The molecule has 0 radical (unpaired) electrons. The van der Waals surface area contributed by atoms with Crippen LogP contribution in [-0.4, -0.2) is 39.8 Å². The fourth-order valence-electron chi connectivity index (χ4n) is 4.15. The van der Waals surface area contributed by atoms with E-state index in [9.17, 15) is 16.8 Å². The van der Waals surface area contributed by atoms with Gasteiger partial charge >= 0.3 is 0 Å². The number of rotatable bonds is 0. The predicted molar refractivity (Wildman–Crippen MR) is 72.1 cm³/mol. The second kappa shape index (κ2) is 3.23. The van der Waals surface area contributed by atoms with Gasteiger partial charge in [-0.25, -0.2) is 16.8 Å². The highest BCUT2D eigenvalue weighted by Gasteiger charge is 2.51. The molecule has 6 heteroatoms. The molecule has 4 nitrogen and oxygen atoms in total. The van der Waals surface area contributed by atoms with Gasteiger partial charge < -0.3 is 0 Å². The van der Waals surface area contributed by atoms with Crippen molar-refractivity contribution in [2.24, 2.45) is 11.8 Å². The number of fused-ring (bicyclic) bond motifs is 1. The molecule has 5 aliphatic rings. The van der Waals surface area contributed by atoms with Crippen LogP contribution in [0.2, 0.25) is 0 Å². The van der Waals surface area contributed by atoms with Gasteiger partial charge in [0.05, 0.1) is 23.0 Å². The van der Waals surface area contributed by atoms with Crippen LogP contribution >= 0.6 is 0 Å². The van der Waals surface area contributed by atoms with E-state index in [-0.39, 0.29) is 34.8 Å². The van der Waals surface area contributed by atoms with E-state index in [1.165, 1.54) is 0 Å². The Morgan fingerprint density at radius 3 is 1.68 bits per heavy atom. The zero-order valence-corrected chi connectivity index (χ0v) is 12.0. The van der Waals surface area contributed by atoms with Crippen LogP contribution in [0.3, 0.4) is 0 Å². The first-order valence-electron chi connectivity index (χ1n) is 6.29. The summed E-state index contributed by atoms with van der Waals surface area (Å²) in [7, 11) is -6.06. The first-order valence-corrected chi connectivity index (χ1v) is 9.94. The molecule has 5 rings (SSSR count).